The fourth-order valence-electron chi connectivity index (χ4n) is 2.55. The van der Waals surface area contributed by atoms with Gasteiger partial charge in [0.05, 0.1) is 11.7 Å². The molecule has 0 spiro atoms. The fourth-order valence-corrected chi connectivity index (χ4v) is 2.68. The van der Waals surface area contributed by atoms with Gasteiger partial charge in [0.1, 0.15) is 0 Å². The molecule has 1 aliphatic heterocycles. The number of amides is 1. The fraction of sp³-hybridized carbons (Fsp3) is 0.438. The van der Waals surface area contributed by atoms with Crippen LogP contribution in [0.15, 0.2) is 30.3 Å². The molecule has 1 fully saturated rings. The number of likely N-dealkylation sites (tertiary alicyclic amines) is 1. The molecular formula is C16H17ClF3NO2. The lowest BCUT2D eigenvalue weighted by molar-refractivity contribution is -0.125. The summed E-state index contributed by atoms with van der Waals surface area (Å²) < 4.78 is 39.7. The van der Waals surface area contributed by atoms with Crippen molar-refractivity contribution in [2.75, 3.05) is 13.1 Å². The lowest BCUT2D eigenvalue weighted by atomic mass is 10.0. The number of carbonyl (C=O) groups is 1. The second kappa shape index (κ2) is 6.93. The van der Waals surface area contributed by atoms with Gasteiger partial charge >= 0.3 is 6.18 Å². The van der Waals surface area contributed by atoms with Crippen LogP contribution in [0.2, 0.25) is 5.02 Å². The van der Waals surface area contributed by atoms with Crippen LogP contribution in [0, 0.1) is 5.92 Å². The number of carbonyl (C=O) groups excluding carboxylic acids is 1. The van der Waals surface area contributed by atoms with E-state index in [1.54, 1.807) is 6.92 Å². The average molecular weight is 348 g/mol. The molecule has 23 heavy (non-hydrogen) atoms. The van der Waals surface area contributed by atoms with E-state index in [0.29, 0.717) is 24.1 Å². The topological polar surface area (TPSA) is 40.5 Å². The Labute approximate surface area is 137 Å². The number of allylic oxidation sites excluding steroid dienone is 1. The Bertz CT molecular complexity index is 596. The van der Waals surface area contributed by atoms with Gasteiger partial charge in [-0.25, -0.2) is 0 Å². The first-order chi connectivity index (χ1) is 10.7. The monoisotopic (exact) mass is 347 g/mol. The molecule has 0 bridgehead atoms. The highest BCUT2D eigenvalue weighted by atomic mass is 35.5. The number of aliphatic hydroxyl groups excluding tert-OH is 1. The molecule has 1 aliphatic rings. The molecule has 0 saturated carbocycles. The van der Waals surface area contributed by atoms with Crippen LogP contribution in [0.25, 0.3) is 5.57 Å². The van der Waals surface area contributed by atoms with Crippen LogP contribution in [-0.2, 0) is 4.79 Å². The number of nitrogens with zero attached hydrogens (tertiary/aromatic N) is 1. The third-order valence-electron chi connectivity index (χ3n) is 3.95. The molecule has 0 radical (unpaired) electrons. The van der Waals surface area contributed by atoms with Crippen LogP contribution in [0.4, 0.5) is 13.2 Å². The summed E-state index contributed by atoms with van der Waals surface area (Å²) in [5.41, 5.74) is -1.11. The van der Waals surface area contributed by atoms with Crippen molar-refractivity contribution in [3.8, 4) is 0 Å². The van der Waals surface area contributed by atoms with Gasteiger partial charge in [-0.2, -0.15) is 13.2 Å². The minimum atomic E-state index is -4.65. The van der Waals surface area contributed by atoms with E-state index >= 15 is 0 Å². The Hall–Kier alpha value is -1.53. The van der Waals surface area contributed by atoms with Crippen molar-refractivity contribution in [2.45, 2.75) is 25.6 Å². The van der Waals surface area contributed by atoms with E-state index in [-0.39, 0.29) is 18.0 Å². The van der Waals surface area contributed by atoms with Gasteiger partial charge in [0.25, 0.3) is 0 Å². The smallest absolute Gasteiger partial charge is 0.393 e. The van der Waals surface area contributed by atoms with Crippen molar-refractivity contribution in [2.24, 2.45) is 5.92 Å². The molecule has 0 aromatic heterocycles. The normalized spacial score (nSPS) is 20.7. The van der Waals surface area contributed by atoms with Crippen LogP contribution in [0.3, 0.4) is 0 Å². The van der Waals surface area contributed by atoms with Crippen LogP contribution in [-0.4, -0.2) is 41.3 Å². The summed E-state index contributed by atoms with van der Waals surface area (Å²) in [4.78, 5) is 13.5. The number of hydrogen-bond donors (Lipinski definition) is 1. The second-order valence-corrected chi connectivity index (χ2v) is 6.07. The van der Waals surface area contributed by atoms with E-state index < -0.39 is 23.8 Å². The van der Waals surface area contributed by atoms with Gasteiger partial charge in [-0.3, -0.25) is 4.79 Å². The van der Waals surface area contributed by atoms with E-state index in [9.17, 15) is 23.1 Å². The zero-order valence-electron chi connectivity index (χ0n) is 12.5. The van der Waals surface area contributed by atoms with Gasteiger partial charge in [-0.15, -0.1) is 0 Å². The van der Waals surface area contributed by atoms with Crippen LogP contribution in [0.5, 0.6) is 0 Å². The zero-order valence-corrected chi connectivity index (χ0v) is 13.2. The Morgan fingerprint density at radius 1 is 1.39 bits per heavy atom. The third-order valence-corrected chi connectivity index (χ3v) is 4.20. The predicted molar refractivity (Wildman–Crippen MR) is 81.9 cm³/mol. The lowest BCUT2D eigenvalue weighted by Gasteiger charge is -2.18. The Kier molecular flexibility index (Phi) is 5.37. The summed E-state index contributed by atoms with van der Waals surface area (Å²) in [6, 6.07) is 5.16. The molecule has 126 valence electrons. The van der Waals surface area contributed by atoms with Crippen molar-refractivity contribution < 1.29 is 23.1 Å². The van der Waals surface area contributed by atoms with E-state index in [1.807, 2.05) is 0 Å². The summed E-state index contributed by atoms with van der Waals surface area (Å²) in [6.07, 6.45) is -4.03. The number of rotatable bonds is 3. The second-order valence-electron chi connectivity index (χ2n) is 5.64. The third kappa shape index (κ3) is 4.48. The molecule has 7 heteroatoms. The SMILES string of the molecule is CC(O)C1CCN(C(=O)/C=C(/c2ccc(Cl)cc2)C(F)(F)F)C1. The molecule has 2 rings (SSSR count). The van der Waals surface area contributed by atoms with E-state index in [0.717, 1.165) is 0 Å². The first-order valence-corrected chi connectivity index (χ1v) is 7.58. The van der Waals surface area contributed by atoms with Crippen molar-refractivity contribution in [1.82, 2.24) is 4.90 Å². The van der Waals surface area contributed by atoms with E-state index in [4.69, 9.17) is 11.6 Å². The minimum absolute atomic E-state index is 0.0998. The Balaban J connectivity index is 2.24. The maximum absolute atomic E-state index is 13.2. The Morgan fingerprint density at radius 3 is 2.48 bits per heavy atom. The number of benzene rings is 1. The number of halogens is 4. The molecule has 1 aromatic rings. The molecule has 1 N–H and O–H groups in total. The van der Waals surface area contributed by atoms with Crippen LogP contribution < -0.4 is 0 Å². The van der Waals surface area contributed by atoms with E-state index in [2.05, 4.69) is 0 Å². The van der Waals surface area contributed by atoms with Crippen molar-refractivity contribution in [1.29, 1.82) is 0 Å². The molecule has 2 atom stereocenters. The first-order valence-electron chi connectivity index (χ1n) is 7.20. The zero-order chi connectivity index (χ0) is 17.2. The highest BCUT2D eigenvalue weighted by molar-refractivity contribution is 6.30. The molecular weight excluding hydrogens is 331 g/mol. The molecule has 2 unspecified atom stereocenters. The highest BCUT2D eigenvalue weighted by Gasteiger charge is 2.36. The molecule has 1 amide bonds. The van der Waals surface area contributed by atoms with Crippen LogP contribution >= 0.6 is 11.6 Å². The standard InChI is InChI=1S/C16H17ClF3NO2/c1-10(22)12-6-7-21(9-12)15(23)8-14(16(18,19)20)11-2-4-13(17)5-3-11/h2-5,8,10,12,22H,6-7,9H2,1H3/b14-8-. The Morgan fingerprint density at radius 2 is 2.00 bits per heavy atom. The molecule has 1 saturated heterocycles. The summed E-state index contributed by atoms with van der Waals surface area (Å²) >= 11 is 5.69. The summed E-state index contributed by atoms with van der Waals surface area (Å²) in [6.45, 7) is 2.22. The summed E-state index contributed by atoms with van der Waals surface area (Å²) in [5, 5.41) is 9.84. The van der Waals surface area contributed by atoms with Crippen molar-refractivity contribution in [3.63, 3.8) is 0 Å². The summed E-state index contributed by atoms with van der Waals surface area (Å²) in [5.74, 6) is -0.798. The maximum Gasteiger partial charge on any atom is 0.417 e. The quantitative estimate of drug-likeness (QED) is 0.850. The van der Waals surface area contributed by atoms with Gasteiger partial charge in [-0.1, -0.05) is 23.7 Å². The van der Waals surface area contributed by atoms with Crippen molar-refractivity contribution in [3.05, 3.63) is 40.9 Å². The molecule has 1 aromatic carbocycles. The van der Waals surface area contributed by atoms with Gasteiger partial charge in [-0.05, 0) is 31.0 Å². The number of aliphatic hydroxyl groups is 1. The highest BCUT2D eigenvalue weighted by Crippen LogP contribution is 2.34. The lowest BCUT2D eigenvalue weighted by Crippen LogP contribution is -2.30. The van der Waals surface area contributed by atoms with Gasteiger partial charge in [0.15, 0.2) is 0 Å². The summed E-state index contributed by atoms with van der Waals surface area (Å²) in [7, 11) is 0. The molecule has 1 heterocycles. The minimum Gasteiger partial charge on any atom is -0.393 e. The van der Waals surface area contributed by atoms with Gasteiger partial charge < -0.3 is 10.0 Å². The maximum atomic E-state index is 13.2. The average Bonchev–Trinajstić information content (AvgIpc) is 2.94. The molecule has 3 nitrogen and oxygen atoms in total. The van der Waals surface area contributed by atoms with Gasteiger partial charge in [0.2, 0.25) is 5.91 Å². The predicted octanol–water partition coefficient (Wildman–Crippen LogP) is 3.52. The van der Waals surface area contributed by atoms with Crippen LogP contribution in [0.1, 0.15) is 18.9 Å². The van der Waals surface area contributed by atoms with E-state index in [1.165, 1.54) is 29.2 Å². The first kappa shape index (κ1) is 17.8. The van der Waals surface area contributed by atoms with Gasteiger partial charge in [0, 0.05) is 30.1 Å². The number of hydrogen-bond acceptors (Lipinski definition) is 2. The number of alkyl halides is 3. The van der Waals surface area contributed by atoms with Crippen molar-refractivity contribution >= 4 is 23.1 Å². The molecule has 0 aliphatic carbocycles. The largest absolute Gasteiger partial charge is 0.417 e.